The predicted molar refractivity (Wildman–Crippen MR) is 62.2 cm³/mol. The van der Waals surface area contributed by atoms with E-state index in [1.165, 1.54) is 5.56 Å². The van der Waals surface area contributed by atoms with Gasteiger partial charge in [0.1, 0.15) is 0 Å². The smallest absolute Gasteiger partial charge is 0.0805 e. The van der Waals surface area contributed by atoms with Gasteiger partial charge >= 0.3 is 0 Å². The molecule has 1 rings (SSSR count). The summed E-state index contributed by atoms with van der Waals surface area (Å²) in [7, 11) is 0. The second kappa shape index (κ2) is 4.91. The van der Waals surface area contributed by atoms with Crippen LogP contribution in [-0.4, -0.2) is 11.7 Å². The van der Waals surface area contributed by atoms with E-state index in [0.29, 0.717) is 13.0 Å². The molecule has 0 aliphatic heterocycles. The van der Waals surface area contributed by atoms with Gasteiger partial charge in [-0.15, -0.1) is 0 Å². The molecule has 0 bridgehead atoms. The number of halogens is 1. The van der Waals surface area contributed by atoms with Crippen molar-refractivity contribution in [1.29, 1.82) is 0 Å². The molecule has 78 valence electrons. The van der Waals surface area contributed by atoms with Gasteiger partial charge in [0.25, 0.3) is 0 Å². The van der Waals surface area contributed by atoms with Crippen molar-refractivity contribution in [3.8, 4) is 0 Å². The van der Waals surface area contributed by atoms with Gasteiger partial charge in [0.15, 0.2) is 0 Å². The third kappa shape index (κ3) is 2.35. The molecule has 3 N–H and O–H groups in total. The number of hydrogen-bond donors (Lipinski definition) is 2. The highest BCUT2D eigenvalue weighted by molar-refractivity contribution is 9.10. The molecule has 1 aromatic carbocycles. The van der Waals surface area contributed by atoms with Crippen molar-refractivity contribution in [2.75, 3.05) is 6.54 Å². The summed E-state index contributed by atoms with van der Waals surface area (Å²) in [4.78, 5) is 0. The molecule has 0 radical (unpaired) electrons. The summed E-state index contributed by atoms with van der Waals surface area (Å²) in [5, 5.41) is 9.82. The quantitative estimate of drug-likeness (QED) is 0.874. The standard InChI is InChI=1S/C11H16BrNO/c1-7-3-4-9(8(2)11(7)12)10(14)5-6-13/h3-4,10,14H,5-6,13H2,1-2H3. The van der Waals surface area contributed by atoms with Crippen LogP contribution in [0.2, 0.25) is 0 Å². The van der Waals surface area contributed by atoms with Crippen LogP contribution in [0.15, 0.2) is 16.6 Å². The second-order valence-electron chi connectivity index (χ2n) is 3.50. The minimum atomic E-state index is -0.447. The van der Waals surface area contributed by atoms with Crippen LogP contribution in [0.5, 0.6) is 0 Å². The Balaban J connectivity index is 3.04. The lowest BCUT2D eigenvalue weighted by Gasteiger charge is -2.15. The molecule has 0 fully saturated rings. The maximum Gasteiger partial charge on any atom is 0.0805 e. The van der Waals surface area contributed by atoms with Gasteiger partial charge in [0.2, 0.25) is 0 Å². The van der Waals surface area contributed by atoms with E-state index < -0.39 is 6.10 Å². The molecular formula is C11H16BrNO. The lowest BCUT2D eigenvalue weighted by molar-refractivity contribution is 0.169. The van der Waals surface area contributed by atoms with Crippen LogP contribution < -0.4 is 5.73 Å². The highest BCUT2D eigenvalue weighted by Crippen LogP contribution is 2.28. The third-order valence-electron chi connectivity index (χ3n) is 2.42. The van der Waals surface area contributed by atoms with Crippen molar-refractivity contribution in [3.05, 3.63) is 33.3 Å². The topological polar surface area (TPSA) is 46.2 Å². The molecule has 1 atom stereocenters. The van der Waals surface area contributed by atoms with E-state index in [9.17, 15) is 5.11 Å². The Labute approximate surface area is 93.3 Å². The molecule has 0 saturated heterocycles. The summed E-state index contributed by atoms with van der Waals surface area (Å²) in [6.07, 6.45) is 0.160. The molecule has 3 heteroatoms. The Morgan fingerprint density at radius 1 is 1.43 bits per heavy atom. The molecular weight excluding hydrogens is 242 g/mol. The third-order valence-corrected chi connectivity index (χ3v) is 3.64. The first-order valence-electron chi connectivity index (χ1n) is 4.71. The lowest BCUT2D eigenvalue weighted by Crippen LogP contribution is -2.08. The zero-order valence-electron chi connectivity index (χ0n) is 8.55. The van der Waals surface area contributed by atoms with Crippen molar-refractivity contribution >= 4 is 15.9 Å². The molecule has 0 saturated carbocycles. The van der Waals surface area contributed by atoms with Crippen LogP contribution in [-0.2, 0) is 0 Å². The summed E-state index contributed by atoms with van der Waals surface area (Å²) in [5.74, 6) is 0. The highest BCUT2D eigenvalue weighted by Gasteiger charge is 2.12. The van der Waals surface area contributed by atoms with Crippen LogP contribution in [0.1, 0.15) is 29.2 Å². The Bertz CT molecular complexity index is 325. The average Bonchev–Trinajstić information content (AvgIpc) is 2.15. The number of hydrogen-bond acceptors (Lipinski definition) is 2. The first kappa shape index (κ1) is 11.7. The van der Waals surface area contributed by atoms with E-state index in [0.717, 1.165) is 15.6 Å². The van der Waals surface area contributed by atoms with Crippen LogP contribution in [0.3, 0.4) is 0 Å². The van der Waals surface area contributed by atoms with Gasteiger partial charge in [-0.1, -0.05) is 28.1 Å². The van der Waals surface area contributed by atoms with E-state index in [4.69, 9.17) is 5.73 Å². The zero-order chi connectivity index (χ0) is 10.7. The van der Waals surface area contributed by atoms with Crippen molar-refractivity contribution in [2.24, 2.45) is 5.73 Å². The molecule has 0 aliphatic rings. The molecule has 0 amide bonds. The van der Waals surface area contributed by atoms with Gasteiger partial charge < -0.3 is 10.8 Å². The van der Waals surface area contributed by atoms with Crippen molar-refractivity contribution in [2.45, 2.75) is 26.4 Å². The SMILES string of the molecule is Cc1ccc(C(O)CCN)c(C)c1Br. The number of nitrogens with two attached hydrogens (primary N) is 1. The minimum Gasteiger partial charge on any atom is -0.388 e. The molecule has 2 nitrogen and oxygen atoms in total. The number of aliphatic hydroxyl groups is 1. The highest BCUT2D eigenvalue weighted by atomic mass is 79.9. The van der Waals surface area contributed by atoms with Crippen LogP contribution in [0.25, 0.3) is 0 Å². The average molecular weight is 258 g/mol. The normalized spacial score (nSPS) is 12.9. The van der Waals surface area contributed by atoms with E-state index in [1.807, 2.05) is 26.0 Å². The molecule has 0 heterocycles. The maximum absolute atomic E-state index is 9.82. The molecule has 14 heavy (non-hydrogen) atoms. The fraction of sp³-hybridized carbons (Fsp3) is 0.455. The van der Waals surface area contributed by atoms with Gasteiger partial charge in [-0.3, -0.25) is 0 Å². The summed E-state index contributed by atoms with van der Waals surface area (Å²) in [5.41, 5.74) is 8.67. The lowest BCUT2D eigenvalue weighted by atomic mass is 9.99. The van der Waals surface area contributed by atoms with E-state index in [2.05, 4.69) is 15.9 Å². The van der Waals surface area contributed by atoms with Crippen LogP contribution >= 0.6 is 15.9 Å². The molecule has 0 spiro atoms. The number of rotatable bonds is 3. The molecule has 1 aromatic rings. The summed E-state index contributed by atoms with van der Waals surface area (Å²) in [6.45, 7) is 4.55. The van der Waals surface area contributed by atoms with Gasteiger partial charge in [0.05, 0.1) is 6.10 Å². The minimum absolute atomic E-state index is 0.447. The van der Waals surface area contributed by atoms with Gasteiger partial charge in [0, 0.05) is 4.47 Å². The number of aryl methyl sites for hydroxylation is 1. The summed E-state index contributed by atoms with van der Waals surface area (Å²) in [6, 6.07) is 3.97. The van der Waals surface area contributed by atoms with Crippen molar-refractivity contribution in [1.82, 2.24) is 0 Å². The van der Waals surface area contributed by atoms with E-state index >= 15 is 0 Å². The predicted octanol–water partition coefficient (Wildman–Crippen LogP) is 2.45. The van der Waals surface area contributed by atoms with E-state index in [-0.39, 0.29) is 0 Å². The Morgan fingerprint density at radius 2 is 2.07 bits per heavy atom. The largest absolute Gasteiger partial charge is 0.388 e. The molecule has 1 unspecified atom stereocenters. The van der Waals surface area contributed by atoms with Crippen molar-refractivity contribution < 1.29 is 5.11 Å². The summed E-state index contributed by atoms with van der Waals surface area (Å²) < 4.78 is 1.08. The van der Waals surface area contributed by atoms with Gasteiger partial charge in [-0.25, -0.2) is 0 Å². The molecule has 0 aromatic heterocycles. The monoisotopic (exact) mass is 257 g/mol. The van der Waals surface area contributed by atoms with Crippen LogP contribution in [0.4, 0.5) is 0 Å². The first-order chi connectivity index (χ1) is 6.57. The molecule has 0 aliphatic carbocycles. The van der Waals surface area contributed by atoms with Gasteiger partial charge in [-0.2, -0.15) is 0 Å². The fourth-order valence-corrected chi connectivity index (χ4v) is 1.87. The Kier molecular flexibility index (Phi) is 4.11. The fourth-order valence-electron chi connectivity index (χ4n) is 1.51. The van der Waals surface area contributed by atoms with Crippen LogP contribution in [0, 0.1) is 13.8 Å². The van der Waals surface area contributed by atoms with E-state index in [1.54, 1.807) is 0 Å². The van der Waals surface area contributed by atoms with Gasteiger partial charge in [-0.05, 0) is 43.5 Å². The first-order valence-corrected chi connectivity index (χ1v) is 5.51. The summed E-state index contributed by atoms with van der Waals surface area (Å²) >= 11 is 3.51. The van der Waals surface area contributed by atoms with Crippen molar-refractivity contribution in [3.63, 3.8) is 0 Å². The number of aliphatic hydroxyl groups excluding tert-OH is 1. The zero-order valence-corrected chi connectivity index (χ0v) is 10.1. The Morgan fingerprint density at radius 3 is 2.64 bits per heavy atom. The Hall–Kier alpha value is -0.380. The number of benzene rings is 1. The maximum atomic E-state index is 9.82. The second-order valence-corrected chi connectivity index (χ2v) is 4.30.